The fourth-order valence-electron chi connectivity index (χ4n) is 1.56. The van der Waals surface area contributed by atoms with Crippen LogP contribution < -0.4 is 11.1 Å². The normalized spacial score (nSPS) is 10.2. The molecular formula is C13H11BrN2O2S. The second kappa shape index (κ2) is 5.54. The van der Waals surface area contributed by atoms with Crippen molar-refractivity contribution in [2.75, 3.05) is 5.32 Å². The van der Waals surface area contributed by atoms with Crippen molar-refractivity contribution in [3.8, 4) is 0 Å². The molecule has 0 aliphatic heterocycles. The molecule has 6 heteroatoms. The zero-order chi connectivity index (χ0) is 14.0. The van der Waals surface area contributed by atoms with Crippen molar-refractivity contribution in [1.29, 1.82) is 0 Å². The summed E-state index contributed by atoms with van der Waals surface area (Å²) < 4.78 is 0.943. The summed E-state index contributed by atoms with van der Waals surface area (Å²) in [6, 6.07) is 6.89. The summed E-state index contributed by atoms with van der Waals surface area (Å²) in [5.41, 5.74) is 7.05. The van der Waals surface area contributed by atoms with Gasteiger partial charge in [0.15, 0.2) is 0 Å². The minimum atomic E-state index is -0.552. The number of carbonyl (C=O) groups is 2. The first-order chi connectivity index (χ1) is 8.99. The van der Waals surface area contributed by atoms with Crippen LogP contribution in [0.5, 0.6) is 0 Å². The Morgan fingerprint density at radius 1 is 1.32 bits per heavy atom. The lowest BCUT2D eigenvalue weighted by atomic mass is 10.1. The highest BCUT2D eigenvalue weighted by Crippen LogP contribution is 2.24. The molecule has 1 heterocycles. The van der Waals surface area contributed by atoms with Crippen molar-refractivity contribution in [3.63, 3.8) is 0 Å². The molecule has 19 heavy (non-hydrogen) atoms. The summed E-state index contributed by atoms with van der Waals surface area (Å²) in [6.45, 7) is 1.90. The predicted octanol–water partition coefficient (Wildman–Crippen LogP) is 3.17. The van der Waals surface area contributed by atoms with Crippen LogP contribution in [-0.4, -0.2) is 11.8 Å². The molecule has 1 aromatic carbocycles. The van der Waals surface area contributed by atoms with Gasteiger partial charge in [-0.25, -0.2) is 0 Å². The molecule has 0 radical (unpaired) electrons. The molecule has 2 rings (SSSR count). The Morgan fingerprint density at radius 3 is 2.68 bits per heavy atom. The zero-order valence-corrected chi connectivity index (χ0v) is 12.5. The van der Waals surface area contributed by atoms with E-state index >= 15 is 0 Å². The summed E-state index contributed by atoms with van der Waals surface area (Å²) in [6.07, 6.45) is 0. The molecule has 0 bridgehead atoms. The van der Waals surface area contributed by atoms with Crippen LogP contribution in [0.2, 0.25) is 0 Å². The molecule has 4 nitrogen and oxygen atoms in total. The maximum absolute atomic E-state index is 12.1. The lowest BCUT2D eigenvalue weighted by Crippen LogP contribution is -2.16. The molecule has 0 aliphatic rings. The van der Waals surface area contributed by atoms with E-state index in [1.165, 1.54) is 11.3 Å². The Hall–Kier alpha value is -1.66. The van der Waals surface area contributed by atoms with E-state index in [4.69, 9.17) is 5.73 Å². The lowest BCUT2D eigenvalue weighted by Gasteiger charge is -2.06. The number of carbonyl (C=O) groups excluding carboxylic acids is 2. The van der Waals surface area contributed by atoms with E-state index < -0.39 is 5.91 Å². The van der Waals surface area contributed by atoms with Gasteiger partial charge in [-0.1, -0.05) is 15.9 Å². The van der Waals surface area contributed by atoms with Crippen molar-refractivity contribution in [1.82, 2.24) is 0 Å². The second-order valence-electron chi connectivity index (χ2n) is 3.95. The van der Waals surface area contributed by atoms with Gasteiger partial charge < -0.3 is 11.1 Å². The Bertz CT molecular complexity index is 652. The Balaban J connectivity index is 2.23. The SMILES string of the molecule is Cc1cc(C(=O)Nc2sccc2C(N)=O)ccc1Br. The molecule has 3 N–H and O–H groups in total. The van der Waals surface area contributed by atoms with Crippen molar-refractivity contribution in [2.24, 2.45) is 5.73 Å². The highest BCUT2D eigenvalue weighted by Gasteiger charge is 2.14. The van der Waals surface area contributed by atoms with E-state index in [9.17, 15) is 9.59 Å². The number of primary amides is 1. The van der Waals surface area contributed by atoms with Gasteiger partial charge >= 0.3 is 0 Å². The Labute approximate surface area is 122 Å². The zero-order valence-electron chi connectivity index (χ0n) is 10.1. The Kier molecular flexibility index (Phi) is 4.01. The molecule has 0 unspecified atom stereocenters. The number of thiophene rings is 1. The van der Waals surface area contributed by atoms with Gasteiger partial charge in [-0.3, -0.25) is 9.59 Å². The quantitative estimate of drug-likeness (QED) is 0.902. The van der Waals surface area contributed by atoms with E-state index in [1.54, 1.807) is 23.6 Å². The third kappa shape index (κ3) is 3.02. The second-order valence-corrected chi connectivity index (χ2v) is 5.72. The minimum Gasteiger partial charge on any atom is -0.366 e. The topological polar surface area (TPSA) is 72.2 Å². The van der Waals surface area contributed by atoms with Crippen LogP contribution in [0.1, 0.15) is 26.3 Å². The van der Waals surface area contributed by atoms with Gasteiger partial charge in [0.05, 0.1) is 5.56 Å². The Morgan fingerprint density at radius 2 is 2.05 bits per heavy atom. The van der Waals surface area contributed by atoms with Gasteiger partial charge in [0.1, 0.15) is 5.00 Å². The molecule has 0 fully saturated rings. The maximum Gasteiger partial charge on any atom is 0.256 e. The summed E-state index contributed by atoms with van der Waals surface area (Å²) in [4.78, 5) is 23.2. The van der Waals surface area contributed by atoms with E-state index in [1.807, 2.05) is 13.0 Å². The largest absolute Gasteiger partial charge is 0.366 e. The number of hydrogen-bond donors (Lipinski definition) is 2. The van der Waals surface area contributed by atoms with Gasteiger partial charge in [-0.15, -0.1) is 11.3 Å². The molecule has 0 atom stereocenters. The number of benzene rings is 1. The fourth-order valence-corrected chi connectivity index (χ4v) is 2.60. The molecule has 0 spiro atoms. The number of nitrogens with one attached hydrogen (secondary N) is 1. The van der Waals surface area contributed by atoms with Gasteiger partial charge in [0.2, 0.25) is 0 Å². The average molecular weight is 339 g/mol. The highest BCUT2D eigenvalue weighted by molar-refractivity contribution is 9.10. The molecule has 1 aromatic heterocycles. The molecule has 98 valence electrons. The fraction of sp³-hybridized carbons (Fsp3) is 0.0769. The monoisotopic (exact) mass is 338 g/mol. The van der Waals surface area contributed by atoms with E-state index in [-0.39, 0.29) is 5.91 Å². The van der Waals surface area contributed by atoms with Crippen LogP contribution in [0.4, 0.5) is 5.00 Å². The number of amides is 2. The van der Waals surface area contributed by atoms with Crippen LogP contribution >= 0.6 is 27.3 Å². The first-order valence-corrected chi connectivity index (χ1v) is 7.11. The maximum atomic E-state index is 12.1. The van der Waals surface area contributed by atoms with Crippen molar-refractivity contribution < 1.29 is 9.59 Å². The van der Waals surface area contributed by atoms with E-state index in [2.05, 4.69) is 21.2 Å². The number of aryl methyl sites for hydroxylation is 1. The van der Waals surface area contributed by atoms with Gasteiger partial charge in [-0.05, 0) is 42.1 Å². The standard InChI is InChI=1S/C13H11BrN2O2S/c1-7-6-8(2-3-10(7)14)12(18)16-13-9(11(15)17)4-5-19-13/h2-6H,1H3,(H2,15,17)(H,16,18). The molecule has 0 aliphatic carbocycles. The number of nitrogens with two attached hydrogens (primary N) is 1. The third-order valence-corrected chi connectivity index (χ3v) is 4.30. The van der Waals surface area contributed by atoms with Crippen molar-refractivity contribution in [2.45, 2.75) is 6.92 Å². The summed E-state index contributed by atoms with van der Waals surface area (Å²) in [7, 11) is 0. The van der Waals surface area contributed by atoms with Crippen molar-refractivity contribution >= 4 is 44.1 Å². The average Bonchev–Trinajstić information content (AvgIpc) is 2.80. The number of anilines is 1. The molecular weight excluding hydrogens is 328 g/mol. The molecule has 0 saturated carbocycles. The van der Waals surface area contributed by atoms with Crippen LogP contribution in [0.15, 0.2) is 34.1 Å². The molecule has 0 saturated heterocycles. The van der Waals surface area contributed by atoms with Crippen LogP contribution in [0.25, 0.3) is 0 Å². The summed E-state index contributed by atoms with van der Waals surface area (Å²) in [5.74, 6) is -0.816. The minimum absolute atomic E-state index is 0.263. The summed E-state index contributed by atoms with van der Waals surface area (Å²) >= 11 is 4.65. The van der Waals surface area contributed by atoms with Gasteiger partial charge in [0.25, 0.3) is 11.8 Å². The van der Waals surface area contributed by atoms with Crippen LogP contribution in [0.3, 0.4) is 0 Å². The molecule has 2 amide bonds. The lowest BCUT2D eigenvalue weighted by molar-refractivity contribution is 0.100. The van der Waals surface area contributed by atoms with Gasteiger partial charge in [0, 0.05) is 10.0 Å². The highest BCUT2D eigenvalue weighted by atomic mass is 79.9. The van der Waals surface area contributed by atoms with E-state index in [0.29, 0.717) is 16.1 Å². The number of rotatable bonds is 3. The first-order valence-electron chi connectivity index (χ1n) is 5.44. The van der Waals surface area contributed by atoms with Crippen molar-refractivity contribution in [3.05, 3.63) is 50.8 Å². The van der Waals surface area contributed by atoms with Gasteiger partial charge in [-0.2, -0.15) is 0 Å². The first kappa shape index (κ1) is 13.8. The van der Waals surface area contributed by atoms with E-state index in [0.717, 1.165) is 10.0 Å². The predicted molar refractivity (Wildman–Crippen MR) is 79.7 cm³/mol. The smallest absolute Gasteiger partial charge is 0.256 e. The third-order valence-electron chi connectivity index (χ3n) is 2.58. The molecule has 2 aromatic rings. The van der Waals surface area contributed by atoms with Crippen LogP contribution in [-0.2, 0) is 0 Å². The summed E-state index contributed by atoms with van der Waals surface area (Å²) in [5, 5.41) is 4.88. The number of halogens is 1. The number of hydrogen-bond acceptors (Lipinski definition) is 3. The van der Waals surface area contributed by atoms with Crippen LogP contribution in [0, 0.1) is 6.92 Å².